The lowest BCUT2D eigenvalue weighted by Crippen LogP contribution is -2.58. The molecule has 1 fully saturated rings. The Morgan fingerprint density at radius 3 is 2.84 bits per heavy atom. The number of rotatable bonds is 7. The molecule has 1 amide bonds. The van der Waals surface area contributed by atoms with Gasteiger partial charge in [0.1, 0.15) is 11.2 Å². The molecular weight excluding hydrogens is 329 g/mol. The number of hydrogen-bond acceptors (Lipinski definition) is 4. The van der Waals surface area contributed by atoms with Crippen LogP contribution in [0, 0.1) is 11.2 Å². The minimum absolute atomic E-state index is 0.0451. The second-order valence-electron chi connectivity index (χ2n) is 6.33. The van der Waals surface area contributed by atoms with Crippen molar-refractivity contribution in [3.8, 4) is 0 Å². The second kappa shape index (κ2) is 8.40. The average molecular weight is 353 g/mol. The number of likely N-dealkylation sites (tertiary alicyclic amines) is 1. The van der Waals surface area contributed by atoms with Crippen LogP contribution in [-0.2, 0) is 20.7 Å². The fourth-order valence-corrected chi connectivity index (χ4v) is 3.22. The minimum atomic E-state index is -1.55. The first-order valence-corrected chi connectivity index (χ1v) is 8.40. The van der Waals surface area contributed by atoms with Gasteiger partial charge in [-0.25, -0.2) is 4.39 Å². The summed E-state index contributed by atoms with van der Waals surface area (Å²) in [6.45, 7) is 2.80. The third-order valence-corrected chi connectivity index (χ3v) is 4.63. The number of piperidine rings is 1. The smallest absolute Gasteiger partial charge is 0.314 e. The summed E-state index contributed by atoms with van der Waals surface area (Å²) in [7, 11) is 0. The molecule has 0 radical (unpaired) electrons. The van der Waals surface area contributed by atoms with Gasteiger partial charge in [-0.05, 0) is 37.5 Å². The minimum Gasteiger partial charge on any atom is -0.481 e. The van der Waals surface area contributed by atoms with Crippen LogP contribution in [0.1, 0.15) is 25.3 Å². The van der Waals surface area contributed by atoms with Gasteiger partial charge in [-0.2, -0.15) is 0 Å². The highest BCUT2D eigenvalue weighted by Gasteiger charge is 2.50. The number of ether oxygens (including phenoxy) is 1. The van der Waals surface area contributed by atoms with E-state index in [2.05, 4.69) is 0 Å². The van der Waals surface area contributed by atoms with Gasteiger partial charge in [0.05, 0.1) is 19.1 Å². The number of carboxylic acids is 1. The van der Waals surface area contributed by atoms with E-state index in [4.69, 9.17) is 4.74 Å². The summed E-state index contributed by atoms with van der Waals surface area (Å²) in [5.41, 5.74) is -1.07. The number of aliphatic carboxylic acids is 1. The second-order valence-corrected chi connectivity index (χ2v) is 6.33. The highest BCUT2D eigenvalue weighted by Crippen LogP contribution is 2.35. The Kier molecular flexibility index (Phi) is 6.50. The van der Waals surface area contributed by atoms with Crippen molar-refractivity contribution >= 4 is 11.9 Å². The molecule has 138 valence electrons. The topological polar surface area (TPSA) is 87.1 Å². The van der Waals surface area contributed by atoms with Gasteiger partial charge in [0.2, 0.25) is 5.91 Å². The van der Waals surface area contributed by atoms with Crippen LogP contribution in [0.5, 0.6) is 0 Å². The van der Waals surface area contributed by atoms with Crippen molar-refractivity contribution in [1.82, 2.24) is 4.90 Å². The van der Waals surface area contributed by atoms with E-state index in [0.29, 0.717) is 18.7 Å². The lowest BCUT2D eigenvalue weighted by molar-refractivity contribution is -0.166. The molecule has 1 aliphatic heterocycles. The Labute approximate surface area is 146 Å². The van der Waals surface area contributed by atoms with Gasteiger partial charge < -0.3 is 19.8 Å². The molecule has 0 unspecified atom stereocenters. The number of aliphatic hydroxyl groups excluding tert-OH is 1. The molecule has 1 aromatic carbocycles. The Morgan fingerprint density at radius 1 is 1.44 bits per heavy atom. The molecule has 0 aliphatic carbocycles. The number of carboxylic acid groups (broad SMARTS) is 1. The van der Waals surface area contributed by atoms with E-state index in [1.807, 2.05) is 6.92 Å². The summed E-state index contributed by atoms with van der Waals surface area (Å²) in [5.74, 6) is -1.86. The van der Waals surface area contributed by atoms with Crippen molar-refractivity contribution < 1.29 is 28.9 Å². The van der Waals surface area contributed by atoms with Gasteiger partial charge in [-0.3, -0.25) is 9.59 Å². The molecule has 6 nitrogen and oxygen atoms in total. The lowest BCUT2D eigenvalue weighted by atomic mass is 9.72. The van der Waals surface area contributed by atoms with Gasteiger partial charge in [-0.1, -0.05) is 12.1 Å². The number of halogens is 1. The van der Waals surface area contributed by atoms with Crippen LogP contribution in [-0.4, -0.2) is 59.4 Å². The Morgan fingerprint density at radius 2 is 2.20 bits per heavy atom. The van der Waals surface area contributed by atoms with Crippen molar-refractivity contribution in [1.29, 1.82) is 0 Å². The zero-order valence-corrected chi connectivity index (χ0v) is 14.3. The van der Waals surface area contributed by atoms with E-state index >= 15 is 0 Å². The molecule has 2 atom stereocenters. The van der Waals surface area contributed by atoms with E-state index in [-0.39, 0.29) is 38.3 Å². The summed E-state index contributed by atoms with van der Waals surface area (Å²) < 4.78 is 18.6. The molecule has 0 aromatic heterocycles. The average Bonchev–Trinajstić information content (AvgIpc) is 2.57. The van der Waals surface area contributed by atoms with Crippen LogP contribution in [0.15, 0.2) is 24.3 Å². The SMILES string of the molecule is CCOCCC(=O)N1CC[C@H](O)[C@](Cc2cccc(F)c2)(C(=O)O)C1. The molecule has 1 saturated heterocycles. The Hall–Kier alpha value is -1.99. The molecule has 2 rings (SSSR count). The van der Waals surface area contributed by atoms with Crippen molar-refractivity contribution in [3.05, 3.63) is 35.6 Å². The van der Waals surface area contributed by atoms with Crippen molar-refractivity contribution in [2.45, 2.75) is 32.3 Å². The molecular formula is C18H24FNO5. The number of carbonyl (C=O) groups is 2. The van der Waals surface area contributed by atoms with Crippen LogP contribution in [0.4, 0.5) is 4.39 Å². The van der Waals surface area contributed by atoms with Crippen LogP contribution < -0.4 is 0 Å². The van der Waals surface area contributed by atoms with Crippen molar-refractivity contribution in [2.24, 2.45) is 5.41 Å². The summed E-state index contributed by atoms with van der Waals surface area (Å²) in [6.07, 6.45) is -0.817. The van der Waals surface area contributed by atoms with E-state index in [1.54, 1.807) is 6.07 Å². The van der Waals surface area contributed by atoms with Gasteiger partial charge in [0, 0.05) is 19.7 Å². The monoisotopic (exact) mass is 353 g/mol. The number of benzene rings is 1. The van der Waals surface area contributed by atoms with E-state index in [9.17, 15) is 24.2 Å². The Bertz CT molecular complexity index is 623. The summed E-state index contributed by atoms with van der Waals surface area (Å²) in [6, 6.07) is 5.65. The largest absolute Gasteiger partial charge is 0.481 e. The van der Waals surface area contributed by atoms with E-state index in [1.165, 1.54) is 23.1 Å². The first kappa shape index (κ1) is 19.3. The number of carbonyl (C=O) groups excluding carboxylic acids is 1. The molecule has 0 spiro atoms. The van der Waals surface area contributed by atoms with Crippen LogP contribution in [0.25, 0.3) is 0 Å². The quantitative estimate of drug-likeness (QED) is 0.725. The first-order valence-electron chi connectivity index (χ1n) is 8.40. The van der Waals surface area contributed by atoms with Gasteiger partial charge in [0.15, 0.2) is 0 Å². The van der Waals surface area contributed by atoms with E-state index < -0.39 is 23.3 Å². The van der Waals surface area contributed by atoms with E-state index in [0.717, 1.165) is 0 Å². The van der Waals surface area contributed by atoms with Crippen molar-refractivity contribution in [2.75, 3.05) is 26.3 Å². The van der Waals surface area contributed by atoms with Gasteiger partial charge >= 0.3 is 5.97 Å². The number of aliphatic hydroxyl groups is 1. The lowest BCUT2D eigenvalue weighted by Gasteiger charge is -2.43. The van der Waals surface area contributed by atoms with Crippen LogP contribution >= 0.6 is 0 Å². The molecule has 1 heterocycles. The van der Waals surface area contributed by atoms with Gasteiger partial charge in [-0.15, -0.1) is 0 Å². The fourth-order valence-electron chi connectivity index (χ4n) is 3.22. The third kappa shape index (κ3) is 4.55. The highest BCUT2D eigenvalue weighted by molar-refractivity contribution is 5.80. The standard InChI is InChI=1S/C18H24FNO5/c1-2-25-9-7-16(22)20-8-6-15(21)18(12-20,17(23)24)11-13-4-3-5-14(19)10-13/h3-5,10,15,21H,2,6-9,11-12H2,1H3,(H,23,24)/t15-,18+/m0/s1. The number of nitrogens with zero attached hydrogens (tertiary/aromatic N) is 1. The zero-order valence-electron chi connectivity index (χ0n) is 14.3. The Balaban J connectivity index is 2.19. The molecule has 2 N–H and O–H groups in total. The molecule has 0 saturated carbocycles. The molecule has 0 bridgehead atoms. The number of amides is 1. The van der Waals surface area contributed by atoms with Crippen LogP contribution in [0.2, 0.25) is 0 Å². The summed E-state index contributed by atoms with van der Waals surface area (Å²) in [5, 5.41) is 20.2. The summed E-state index contributed by atoms with van der Waals surface area (Å²) >= 11 is 0. The maximum atomic E-state index is 13.4. The zero-order chi connectivity index (χ0) is 18.4. The summed E-state index contributed by atoms with van der Waals surface area (Å²) in [4.78, 5) is 25.8. The normalized spacial score (nSPS) is 23.5. The molecule has 7 heteroatoms. The molecule has 25 heavy (non-hydrogen) atoms. The first-order chi connectivity index (χ1) is 11.9. The van der Waals surface area contributed by atoms with Crippen LogP contribution in [0.3, 0.4) is 0 Å². The molecule has 1 aromatic rings. The predicted octanol–water partition coefficient (Wildman–Crippen LogP) is 1.46. The maximum Gasteiger partial charge on any atom is 0.314 e. The van der Waals surface area contributed by atoms with Crippen molar-refractivity contribution in [3.63, 3.8) is 0 Å². The highest BCUT2D eigenvalue weighted by atomic mass is 19.1. The molecule has 1 aliphatic rings. The fraction of sp³-hybridized carbons (Fsp3) is 0.556. The predicted molar refractivity (Wildman–Crippen MR) is 88.5 cm³/mol. The van der Waals surface area contributed by atoms with Gasteiger partial charge in [0.25, 0.3) is 0 Å². The third-order valence-electron chi connectivity index (χ3n) is 4.63. The number of hydrogen-bond donors (Lipinski definition) is 2. The maximum absolute atomic E-state index is 13.4.